The molecule has 0 amide bonds. The Morgan fingerprint density at radius 1 is 1.45 bits per heavy atom. The molecule has 1 heterocycles. The van der Waals surface area contributed by atoms with Crippen LogP contribution >= 0.6 is 11.6 Å². The summed E-state index contributed by atoms with van der Waals surface area (Å²) in [6, 6.07) is 4.63. The third kappa shape index (κ3) is 2.68. The van der Waals surface area contributed by atoms with Crippen LogP contribution in [-0.2, 0) is 14.8 Å². The summed E-state index contributed by atoms with van der Waals surface area (Å²) in [5.74, 6) is -1.56. The molecule has 110 valence electrons. The van der Waals surface area contributed by atoms with E-state index in [1.807, 2.05) is 0 Å². The summed E-state index contributed by atoms with van der Waals surface area (Å²) in [6.07, 6.45) is 0. The molecule has 0 saturated carbocycles. The molecule has 0 bridgehead atoms. The van der Waals surface area contributed by atoms with Crippen LogP contribution in [0.2, 0.25) is 5.02 Å². The third-order valence-corrected chi connectivity index (χ3v) is 5.95. The molecule has 1 atom stereocenters. The second-order valence-electron chi connectivity index (χ2n) is 5.12. The van der Waals surface area contributed by atoms with Gasteiger partial charge in [0.2, 0.25) is 10.0 Å². The van der Waals surface area contributed by atoms with Crippen LogP contribution in [0.3, 0.4) is 0 Å². The normalized spacial score (nSPS) is 18.6. The zero-order valence-electron chi connectivity index (χ0n) is 11.2. The Bertz CT molecular complexity index is 638. The van der Waals surface area contributed by atoms with Gasteiger partial charge in [0.25, 0.3) is 0 Å². The number of aliphatic carboxylic acids is 1. The lowest BCUT2D eigenvalue weighted by Gasteiger charge is -2.40. The van der Waals surface area contributed by atoms with Crippen molar-refractivity contribution in [1.82, 2.24) is 4.31 Å². The number of rotatable bonds is 4. The molecule has 1 saturated heterocycles. The summed E-state index contributed by atoms with van der Waals surface area (Å²) < 4.78 is 26.2. The van der Waals surface area contributed by atoms with Crippen LogP contribution < -0.4 is 0 Å². The van der Waals surface area contributed by atoms with Gasteiger partial charge in [-0.25, -0.2) is 8.42 Å². The predicted octanol–water partition coefficient (Wildman–Crippen LogP) is 1.99. The van der Waals surface area contributed by atoms with Crippen LogP contribution in [0.25, 0.3) is 0 Å². The summed E-state index contributed by atoms with van der Waals surface area (Å²) in [5.41, 5.74) is 0.590. The number of hydrogen-bond acceptors (Lipinski definition) is 3. The molecule has 7 heteroatoms. The van der Waals surface area contributed by atoms with E-state index in [2.05, 4.69) is 0 Å². The zero-order valence-corrected chi connectivity index (χ0v) is 12.8. The van der Waals surface area contributed by atoms with Crippen molar-refractivity contribution in [3.8, 4) is 0 Å². The number of sulfonamides is 1. The van der Waals surface area contributed by atoms with Crippen LogP contribution in [0.15, 0.2) is 23.1 Å². The first-order chi connectivity index (χ1) is 9.23. The first-order valence-corrected chi connectivity index (χ1v) is 8.04. The SMILES string of the molecule is Cc1cc(Cl)ccc1S(=O)(=O)N1CC(C(C)C(=O)O)C1. The number of benzene rings is 1. The topological polar surface area (TPSA) is 74.7 Å². The highest BCUT2D eigenvalue weighted by molar-refractivity contribution is 7.89. The number of nitrogens with zero attached hydrogens (tertiary/aromatic N) is 1. The van der Waals surface area contributed by atoms with E-state index in [9.17, 15) is 13.2 Å². The van der Waals surface area contributed by atoms with Gasteiger partial charge in [-0.2, -0.15) is 4.31 Å². The minimum Gasteiger partial charge on any atom is -0.481 e. The van der Waals surface area contributed by atoms with Crippen molar-refractivity contribution < 1.29 is 18.3 Å². The molecular formula is C13H16ClNO4S. The molecule has 0 radical (unpaired) electrons. The zero-order chi connectivity index (χ0) is 15.1. The summed E-state index contributed by atoms with van der Waals surface area (Å²) in [6.45, 7) is 3.79. The summed E-state index contributed by atoms with van der Waals surface area (Å²) >= 11 is 5.82. The Hall–Kier alpha value is -1.11. The van der Waals surface area contributed by atoms with Gasteiger partial charge >= 0.3 is 5.97 Å². The molecule has 2 rings (SSSR count). The Morgan fingerprint density at radius 2 is 2.05 bits per heavy atom. The fraction of sp³-hybridized carbons (Fsp3) is 0.462. The molecule has 1 aliphatic rings. The maximum atomic E-state index is 12.4. The van der Waals surface area contributed by atoms with E-state index in [-0.39, 0.29) is 23.9 Å². The lowest BCUT2D eigenvalue weighted by atomic mass is 9.89. The maximum Gasteiger partial charge on any atom is 0.306 e. The van der Waals surface area contributed by atoms with Crippen molar-refractivity contribution in [1.29, 1.82) is 0 Å². The minimum absolute atomic E-state index is 0.130. The molecule has 1 unspecified atom stereocenters. The van der Waals surface area contributed by atoms with Gasteiger partial charge in [-0.3, -0.25) is 4.79 Å². The minimum atomic E-state index is -3.56. The fourth-order valence-corrected chi connectivity index (χ4v) is 4.21. The van der Waals surface area contributed by atoms with Gasteiger partial charge in [-0.1, -0.05) is 18.5 Å². The van der Waals surface area contributed by atoms with Crippen molar-refractivity contribution in [3.05, 3.63) is 28.8 Å². The number of aryl methyl sites for hydroxylation is 1. The van der Waals surface area contributed by atoms with Crippen molar-refractivity contribution in [2.45, 2.75) is 18.7 Å². The number of carboxylic acids is 1. The number of carbonyl (C=O) groups is 1. The molecule has 1 aromatic rings. The number of halogens is 1. The second-order valence-corrected chi connectivity index (χ2v) is 7.46. The van der Waals surface area contributed by atoms with Crippen molar-refractivity contribution in [2.24, 2.45) is 11.8 Å². The molecular weight excluding hydrogens is 302 g/mol. The maximum absolute atomic E-state index is 12.4. The summed E-state index contributed by atoms with van der Waals surface area (Å²) in [7, 11) is -3.56. The van der Waals surface area contributed by atoms with Crippen molar-refractivity contribution >= 4 is 27.6 Å². The average molecular weight is 318 g/mol. The Balaban J connectivity index is 2.16. The highest BCUT2D eigenvalue weighted by Crippen LogP contribution is 2.31. The molecule has 0 aromatic heterocycles. The molecule has 0 aliphatic carbocycles. The van der Waals surface area contributed by atoms with E-state index in [1.54, 1.807) is 26.0 Å². The van der Waals surface area contributed by atoms with Gasteiger partial charge < -0.3 is 5.11 Å². The van der Waals surface area contributed by atoms with Crippen LogP contribution in [-0.4, -0.2) is 36.9 Å². The van der Waals surface area contributed by atoms with Gasteiger partial charge in [0.15, 0.2) is 0 Å². The molecule has 1 fully saturated rings. The van der Waals surface area contributed by atoms with Gasteiger partial charge in [0.1, 0.15) is 0 Å². The first kappa shape index (κ1) is 15.3. The highest BCUT2D eigenvalue weighted by Gasteiger charge is 2.41. The Morgan fingerprint density at radius 3 is 2.55 bits per heavy atom. The number of carboxylic acid groups (broad SMARTS) is 1. The van der Waals surface area contributed by atoms with Crippen molar-refractivity contribution in [3.63, 3.8) is 0 Å². The van der Waals surface area contributed by atoms with E-state index in [4.69, 9.17) is 16.7 Å². The second kappa shape index (κ2) is 5.35. The van der Waals surface area contributed by atoms with E-state index < -0.39 is 21.9 Å². The average Bonchev–Trinajstić information content (AvgIpc) is 2.25. The number of hydrogen-bond donors (Lipinski definition) is 1. The Labute approximate surface area is 123 Å². The van der Waals surface area contributed by atoms with E-state index in [1.165, 1.54) is 10.4 Å². The molecule has 20 heavy (non-hydrogen) atoms. The molecule has 1 aromatic carbocycles. The largest absolute Gasteiger partial charge is 0.481 e. The van der Waals surface area contributed by atoms with Gasteiger partial charge in [0, 0.05) is 18.1 Å². The molecule has 0 spiro atoms. The molecule has 1 N–H and O–H groups in total. The van der Waals surface area contributed by atoms with E-state index in [0.29, 0.717) is 10.6 Å². The van der Waals surface area contributed by atoms with Crippen molar-refractivity contribution in [2.75, 3.05) is 13.1 Å². The van der Waals surface area contributed by atoms with Gasteiger partial charge in [-0.05, 0) is 36.6 Å². The van der Waals surface area contributed by atoms with Crippen LogP contribution in [0.4, 0.5) is 0 Å². The van der Waals surface area contributed by atoms with Gasteiger partial charge in [-0.15, -0.1) is 0 Å². The summed E-state index contributed by atoms with van der Waals surface area (Å²) in [4.78, 5) is 11.1. The monoisotopic (exact) mass is 317 g/mol. The quantitative estimate of drug-likeness (QED) is 0.921. The smallest absolute Gasteiger partial charge is 0.306 e. The van der Waals surface area contributed by atoms with Crippen LogP contribution in [0, 0.1) is 18.8 Å². The standard InChI is InChI=1S/C13H16ClNO4S/c1-8-5-11(14)3-4-12(8)20(18,19)15-6-10(7-15)9(2)13(16)17/h3-5,9-10H,6-7H2,1-2H3,(H,16,17). The van der Waals surface area contributed by atoms with E-state index in [0.717, 1.165) is 0 Å². The molecule has 1 aliphatic heterocycles. The lowest BCUT2D eigenvalue weighted by Crippen LogP contribution is -2.53. The van der Waals surface area contributed by atoms with E-state index >= 15 is 0 Å². The first-order valence-electron chi connectivity index (χ1n) is 6.22. The van der Waals surface area contributed by atoms with Gasteiger partial charge in [0.05, 0.1) is 10.8 Å². The Kier molecular flexibility index (Phi) is 4.09. The van der Waals surface area contributed by atoms with Crippen LogP contribution in [0.5, 0.6) is 0 Å². The third-order valence-electron chi connectivity index (χ3n) is 3.73. The fourth-order valence-electron chi connectivity index (χ4n) is 2.23. The lowest BCUT2D eigenvalue weighted by molar-refractivity contribution is -0.144. The van der Waals surface area contributed by atoms with Crippen LogP contribution in [0.1, 0.15) is 12.5 Å². The summed E-state index contributed by atoms with van der Waals surface area (Å²) in [5, 5.41) is 9.40. The highest BCUT2D eigenvalue weighted by atomic mass is 35.5. The predicted molar refractivity (Wildman–Crippen MR) is 75.2 cm³/mol. The molecule has 5 nitrogen and oxygen atoms in total.